The Balaban J connectivity index is 2.42. The van der Waals surface area contributed by atoms with Crippen molar-refractivity contribution in [3.05, 3.63) is 41.6 Å². The highest BCUT2D eigenvalue weighted by Crippen LogP contribution is 2.27. The Morgan fingerprint density at radius 2 is 1.91 bits per heavy atom. The molecule has 0 unspecified atom stereocenters. The quantitative estimate of drug-likeness (QED) is 0.792. The molecular weight excluding hydrogens is 284 g/mol. The van der Waals surface area contributed by atoms with E-state index in [-0.39, 0.29) is 12.4 Å². The van der Waals surface area contributed by atoms with E-state index in [0.29, 0.717) is 18.0 Å². The van der Waals surface area contributed by atoms with Crippen LogP contribution >= 0.6 is 0 Å². The number of para-hydroxylation sites is 1. The molecule has 0 saturated carbocycles. The molecule has 0 N–H and O–H groups in total. The van der Waals surface area contributed by atoms with E-state index < -0.39 is 5.97 Å². The first-order valence-corrected chi connectivity index (χ1v) is 6.92. The van der Waals surface area contributed by atoms with Gasteiger partial charge in [-0.05, 0) is 25.5 Å². The number of methoxy groups -OCH3 is 1. The molecule has 2 rings (SSSR count). The van der Waals surface area contributed by atoms with E-state index >= 15 is 0 Å². The fourth-order valence-corrected chi connectivity index (χ4v) is 2.14. The van der Waals surface area contributed by atoms with Crippen LogP contribution < -0.4 is 4.74 Å². The minimum absolute atomic E-state index is 0.200. The third kappa shape index (κ3) is 3.52. The SMILES string of the molecule is COC(=O)CCc1c(C)nn(-c2ccccc2)c1OC(C)=O. The zero-order valence-electron chi connectivity index (χ0n) is 12.8. The number of benzene rings is 1. The molecule has 1 aromatic carbocycles. The second kappa shape index (κ2) is 6.89. The first-order chi connectivity index (χ1) is 10.5. The molecule has 0 aliphatic carbocycles. The lowest BCUT2D eigenvalue weighted by molar-refractivity contribution is -0.140. The van der Waals surface area contributed by atoms with Crippen LogP contribution in [-0.2, 0) is 20.7 Å². The molecular formula is C16H18N2O4. The van der Waals surface area contributed by atoms with E-state index in [1.165, 1.54) is 14.0 Å². The van der Waals surface area contributed by atoms with Crippen LogP contribution in [-0.4, -0.2) is 28.8 Å². The van der Waals surface area contributed by atoms with Gasteiger partial charge in [0.1, 0.15) is 0 Å². The average molecular weight is 302 g/mol. The van der Waals surface area contributed by atoms with Crippen molar-refractivity contribution >= 4 is 11.9 Å². The number of hydrogen-bond acceptors (Lipinski definition) is 5. The van der Waals surface area contributed by atoms with E-state index in [1.807, 2.05) is 37.3 Å². The average Bonchev–Trinajstić information content (AvgIpc) is 2.81. The predicted molar refractivity (Wildman–Crippen MR) is 79.9 cm³/mol. The number of hydrogen-bond donors (Lipinski definition) is 0. The van der Waals surface area contributed by atoms with Crippen LogP contribution in [0.3, 0.4) is 0 Å². The first kappa shape index (κ1) is 15.8. The van der Waals surface area contributed by atoms with Gasteiger partial charge in [0.15, 0.2) is 0 Å². The van der Waals surface area contributed by atoms with Crippen LogP contribution in [0.4, 0.5) is 0 Å². The number of nitrogens with zero attached hydrogens (tertiary/aromatic N) is 2. The van der Waals surface area contributed by atoms with Crippen molar-refractivity contribution in [1.29, 1.82) is 0 Å². The summed E-state index contributed by atoms with van der Waals surface area (Å²) < 4.78 is 11.6. The molecule has 6 nitrogen and oxygen atoms in total. The maximum atomic E-state index is 11.4. The number of esters is 2. The van der Waals surface area contributed by atoms with E-state index in [9.17, 15) is 9.59 Å². The third-order valence-electron chi connectivity index (χ3n) is 3.19. The Kier molecular flexibility index (Phi) is 4.93. The summed E-state index contributed by atoms with van der Waals surface area (Å²) in [6, 6.07) is 9.37. The molecule has 1 aromatic heterocycles. The highest BCUT2D eigenvalue weighted by Gasteiger charge is 2.20. The molecule has 0 atom stereocenters. The molecule has 0 saturated heterocycles. The van der Waals surface area contributed by atoms with Gasteiger partial charge in [0, 0.05) is 18.9 Å². The number of aromatic nitrogens is 2. The van der Waals surface area contributed by atoms with Crippen molar-refractivity contribution < 1.29 is 19.1 Å². The topological polar surface area (TPSA) is 70.4 Å². The Hall–Kier alpha value is -2.63. The molecule has 0 radical (unpaired) electrons. The minimum atomic E-state index is -0.434. The lowest BCUT2D eigenvalue weighted by Gasteiger charge is -2.08. The Labute approximate surface area is 128 Å². The van der Waals surface area contributed by atoms with E-state index in [4.69, 9.17) is 4.74 Å². The van der Waals surface area contributed by atoms with Crippen molar-refractivity contribution in [2.24, 2.45) is 0 Å². The lowest BCUT2D eigenvalue weighted by Crippen LogP contribution is -2.09. The largest absolute Gasteiger partial charge is 0.469 e. The molecule has 116 valence electrons. The predicted octanol–water partition coefficient (Wildman–Crippen LogP) is 2.21. The minimum Gasteiger partial charge on any atom is -0.469 e. The van der Waals surface area contributed by atoms with Crippen LogP contribution in [0.15, 0.2) is 30.3 Å². The fraction of sp³-hybridized carbons (Fsp3) is 0.312. The van der Waals surface area contributed by atoms with Gasteiger partial charge >= 0.3 is 11.9 Å². The molecule has 0 fully saturated rings. The molecule has 22 heavy (non-hydrogen) atoms. The summed E-state index contributed by atoms with van der Waals surface area (Å²) in [4.78, 5) is 22.7. The smallest absolute Gasteiger partial charge is 0.309 e. The van der Waals surface area contributed by atoms with E-state index in [2.05, 4.69) is 9.84 Å². The number of carbonyl (C=O) groups excluding carboxylic acids is 2. The molecule has 0 aliphatic rings. The zero-order valence-corrected chi connectivity index (χ0v) is 12.8. The van der Waals surface area contributed by atoms with Gasteiger partial charge in [0.05, 0.1) is 18.5 Å². The van der Waals surface area contributed by atoms with Crippen molar-refractivity contribution in [3.63, 3.8) is 0 Å². The molecule has 0 spiro atoms. The van der Waals surface area contributed by atoms with Gasteiger partial charge in [-0.1, -0.05) is 18.2 Å². The van der Waals surface area contributed by atoms with Crippen LogP contribution in [0.5, 0.6) is 5.88 Å². The number of rotatable bonds is 5. The Bertz CT molecular complexity index is 677. The van der Waals surface area contributed by atoms with Crippen LogP contribution in [0.2, 0.25) is 0 Å². The summed E-state index contributed by atoms with van der Waals surface area (Å²) in [6.45, 7) is 3.15. The monoisotopic (exact) mass is 302 g/mol. The highest BCUT2D eigenvalue weighted by molar-refractivity contribution is 5.71. The molecule has 0 amide bonds. The maximum Gasteiger partial charge on any atom is 0.309 e. The van der Waals surface area contributed by atoms with Gasteiger partial charge in [-0.25, -0.2) is 4.68 Å². The van der Waals surface area contributed by atoms with Crippen molar-refractivity contribution in [2.75, 3.05) is 7.11 Å². The normalized spacial score (nSPS) is 10.3. The summed E-state index contributed by atoms with van der Waals surface area (Å²) in [5.74, 6) is -0.405. The number of aryl methyl sites for hydroxylation is 1. The Morgan fingerprint density at radius 1 is 1.23 bits per heavy atom. The van der Waals surface area contributed by atoms with Crippen molar-refractivity contribution in [1.82, 2.24) is 9.78 Å². The molecule has 6 heteroatoms. The Morgan fingerprint density at radius 3 is 2.50 bits per heavy atom. The second-order valence-corrected chi connectivity index (χ2v) is 4.79. The lowest BCUT2D eigenvalue weighted by atomic mass is 10.1. The van der Waals surface area contributed by atoms with E-state index in [1.54, 1.807) is 4.68 Å². The van der Waals surface area contributed by atoms with Gasteiger partial charge in [0.2, 0.25) is 5.88 Å². The van der Waals surface area contributed by atoms with Gasteiger partial charge in [-0.2, -0.15) is 5.10 Å². The standard InChI is InChI=1S/C16H18N2O4/c1-11-14(9-10-15(20)21-3)16(22-12(2)19)18(17-11)13-7-5-4-6-8-13/h4-8H,9-10H2,1-3H3. The van der Waals surface area contributed by atoms with Crippen LogP contribution in [0.25, 0.3) is 5.69 Å². The van der Waals surface area contributed by atoms with Crippen molar-refractivity contribution in [2.45, 2.75) is 26.7 Å². The molecule has 1 heterocycles. The van der Waals surface area contributed by atoms with Gasteiger partial charge in [-0.15, -0.1) is 0 Å². The summed E-state index contributed by atoms with van der Waals surface area (Å²) in [6.07, 6.45) is 0.597. The maximum absolute atomic E-state index is 11.4. The van der Waals surface area contributed by atoms with Gasteiger partial charge in [-0.3, -0.25) is 9.59 Å². The van der Waals surface area contributed by atoms with E-state index in [0.717, 1.165) is 11.3 Å². The molecule has 0 aliphatic heterocycles. The van der Waals surface area contributed by atoms with Gasteiger partial charge in [0.25, 0.3) is 0 Å². The number of ether oxygens (including phenoxy) is 2. The summed E-state index contributed by atoms with van der Waals surface area (Å²) in [5.41, 5.74) is 2.22. The molecule has 0 bridgehead atoms. The van der Waals surface area contributed by atoms with Crippen LogP contribution in [0, 0.1) is 6.92 Å². The number of carbonyl (C=O) groups is 2. The summed E-state index contributed by atoms with van der Waals surface area (Å²) in [5, 5.41) is 4.42. The second-order valence-electron chi connectivity index (χ2n) is 4.79. The van der Waals surface area contributed by atoms with Crippen molar-refractivity contribution in [3.8, 4) is 11.6 Å². The third-order valence-corrected chi connectivity index (χ3v) is 3.19. The highest BCUT2D eigenvalue weighted by atomic mass is 16.5. The fourth-order valence-electron chi connectivity index (χ4n) is 2.14. The zero-order chi connectivity index (χ0) is 16.1. The van der Waals surface area contributed by atoms with Gasteiger partial charge < -0.3 is 9.47 Å². The summed E-state index contributed by atoms with van der Waals surface area (Å²) in [7, 11) is 1.34. The summed E-state index contributed by atoms with van der Waals surface area (Å²) >= 11 is 0. The molecule has 2 aromatic rings. The first-order valence-electron chi connectivity index (χ1n) is 6.92. The van der Waals surface area contributed by atoms with Crippen LogP contribution in [0.1, 0.15) is 24.6 Å².